The average molecular weight is 380 g/mol. The Balaban J connectivity index is 1.80. The molecule has 2 amide bonds. The molecule has 2 aromatic rings. The van der Waals surface area contributed by atoms with E-state index in [9.17, 15) is 14.4 Å². The lowest BCUT2D eigenvalue weighted by atomic mass is 10.00. The number of amides is 2. The van der Waals surface area contributed by atoms with E-state index < -0.39 is 5.97 Å². The molecule has 0 aliphatic carbocycles. The highest BCUT2D eigenvalue weighted by Crippen LogP contribution is 2.23. The Labute approximate surface area is 164 Å². The van der Waals surface area contributed by atoms with Gasteiger partial charge in [0.05, 0.1) is 17.9 Å². The molecule has 6 heteroatoms. The van der Waals surface area contributed by atoms with Crippen molar-refractivity contribution in [2.24, 2.45) is 0 Å². The van der Waals surface area contributed by atoms with Crippen molar-refractivity contribution < 1.29 is 19.1 Å². The Hall–Kier alpha value is -3.15. The van der Waals surface area contributed by atoms with Gasteiger partial charge in [0.15, 0.2) is 0 Å². The van der Waals surface area contributed by atoms with E-state index in [2.05, 4.69) is 6.07 Å². The largest absolute Gasteiger partial charge is 0.462 e. The average Bonchev–Trinajstić information content (AvgIpc) is 2.71. The molecule has 0 aromatic heterocycles. The minimum Gasteiger partial charge on any atom is -0.462 e. The molecular weight excluding hydrogens is 356 g/mol. The summed E-state index contributed by atoms with van der Waals surface area (Å²) < 4.78 is 5.09. The molecule has 3 rings (SSSR count). The summed E-state index contributed by atoms with van der Waals surface area (Å²) in [6, 6.07) is 14.8. The zero-order valence-electron chi connectivity index (χ0n) is 16.2. The SMILES string of the molecule is CCOC(=O)c1ccccc1N(CC(=O)N1CCc2ccccc2C1)C(C)=O. The van der Waals surface area contributed by atoms with Crippen molar-refractivity contribution in [3.05, 3.63) is 65.2 Å². The van der Waals surface area contributed by atoms with Gasteiger partial charge < -0.3 is 14.5 Å². The van der Waals surface area contributed by atoms with Gasteiger partial charge in [0, 0.05) is 20.0 Å². The number of fused-ring (bicyclic) bond motifs is 1. The maximum atomic E-state index is 12.9. The lowest BCUT2D eigenvalue weighted by molar-refractivity contribution is -0.132. The second-order valence-electron chi connectivity index (χ2n) is 6.68. The number of hydrogen-bond donors (Lipinski definition) is 0. The second-order valence-corrected chi connectivity index (χ2v) is 6.68. The molecule has 0 unspecified atom stereocenters. The van der Waals surface area contributed by atoms with Crippen molar-refractivity contribution in [1.82, 2.24) is 4.90 Å². The van der Waals surface area contributed by atoms with Crippen LogP contribution >= 0.6 is 0 Å². The summed E-state index contributed by atoms with van der Waals surface area (Å²) in [7, 11) is 0. The van der Waals surface area contributed by atoms with Crippen LogP contribution in [0, 0.1) is 0 Å². The van der Waals surface area contributed by atoms with E-state index in [1.165, 1.54) is 17.4 Å². The maximum Gasteiger partial charge on any atom is 0.340 e. The van der Waals surface area contributed by atoms with Crippen LogP contribution in [0.25, 0.3) is 0 Å². The third-order valence-electron chi connectivity index (χ3n) is 4.85. The van der Waals surface area contributed by atoms with Gasteiger partial charge in [0.1, 0.15) is 6.54 Å². The normalized spacial score (nSPS) is 12.9. The molecule has 0 N–H and O–H groups in total. The van der Waals surface area contributed by atoms with Gasteiger partial charge in [-0.15, -0.1) is 0 Å². The van der Waals surface area contributed by atoms with E-state index in [1.807, 2.05) is 18.2 Å². The fraction of sp³-hybridized carbons (Fsp3) is 0.318. The zero-order valence-corrected chi connectivity index (χ0v) is 16.2. The Morgan fingerprint density at radius 2 is 1.71 bits per heavy atom. The molecule has 1 aliphatic heterocycles. The molecule has 1 aliphatic rings. The van der Waals surface area contributed by atoms with Crippen molar-refractivity contribution >= 4 is 23.5 Å². The van der Waals surface area contributed by atoms with E-state index in [0.29, 0.717) is 18.8 Å². The first-order chi connectivity index (χ1) is 13.5. The number of benzene rings is 2. The number of esters is 1. The highest BCUT2D eigenvalue weighted by molar-refractivity contribution is 6.04. The van der Waals surface area contributed by atoms with Crippen LogP contribution in [-0.4, -0.2) is 42.4 Å². The van der Waals surface area contributed by atoms with Gasteiger partial charge in [-0.25, -0.2) is 4.79 Å². The number of carbonyl (C=O) groups is 3. The molecule has 146 valence electrons. The second kappa shape index (κ2) is 8.69. The molecule has 6 nitrogen and oxygen atoms in total. The van der Waals surface area contributed by atoms with E-state index in [-0.39, 0.29) is 30.5 Å². The number of anilines is 1. The number of carbonyl (C=O) groups excluding carboxylic acids is 3. The molecule has 2 aromatic carbocycles. The van der Waals surface area contributed by atoms with Crippen molar-refractivity contribution in [3.63, 3.8) is 0 Å². The third-order valence-corrected chi connectivity index (χ3v) is 4.85. The summed E-state index contributed by atoms with van der Waals surface area (Å²) in [5.41, 5.74) is 3.04. The smallest absolute Gasteiger partial charge is 0.340 e. The van der Waals surface area contributed by atoms with E-state index in [0.717, 1.165) is 12.0 Å². The lowest BCUT2D eigenvalue weighted by Gasteiger charge is -2.31. The molecule has 28 heavy (non-hydrogen) atoms. The first-order valence-corrected chi connectivity index (χ1v) is 9.40. The van der Waals surface area contributed by atoms with Crippen molar-refractivity contribution in [2.45, 2.75) is 26.8 Å². The molecule has 1 heterocycles. The van der Waals surface area contributed by atoms with Crippen LogP contribution in [0.15, 0.2) is 48.5 Å². The molecular formula is C22H24N2O4. The number of nitrogens with zero attached hydrogens (tertiary/aromatic N) is 2. The monoisotopic (exact) mass is 380 g/mol. The summed E-state index contributed by atoms with van der Waals surface area (Å²) in [6.07, 6.45) is 0.793. The maximum absolute atomic E-state index is 12.9. The molecule has 0 atom stereocenters. The van der Waals surface area contributed by atoms with E-state index in [1.54, 1.807) is 36.1 Å². The standard InChI is InChI=1S/C22H24N2O4/c1-3-28-22(27)19-10-6-7-11-20(19)24(16(2)25)15-21(26)23-13-12-17-8-4-5-9-18(17)14-23/h4-11H,3,12-15H2,1-2H3. The zero-order chi connectivity index (χ0) is 20.1. The van der Waals surface area contributed by atoms with Gasteiger partial charge in [0.25, 0.3) is 0 Å². The van der Waals surface area contributed by atoms with Crippen LogP contribution in [0.3, 0.4) is 0 Å². The minimum atomic E-state index is -0.510. The highest BCUT2D eigenvalue weighted by atomic mass is 16.5. The highest BCUT2D eigenvalue weighted by Gasteiger charge is 2.26. The predicted octanol–water partition coefficient (Wildman–Crippen LogP) is 2.80. The fourth-order valence-electron chi connectivity index (χ4n) is 3.40. The Morgan fingerprint density at radius 1 is 1.04 bits per heavy atom. The van der Waals surface area contributed by atoms with Crippen molar-refractivity contribution in [1.29, 1.82) is 0 Å². The van der Waals surface area contributed by atoms with Gasteiger partial charge in [0.2, 0.25) is 11.8 Å². The van der Waals surface area contributed by atoms with Crippen LogP contribution in [-0.2, 0) is 27.3 Å². The van der Waals surface area contributed by atoms with Gasteiger partial charge in [-0.05, 0) is 36.6 Å². The van der Waals surface area contributed by atoms with Crippen LogP contribution in [0.5, 0.6) is 0 Å². The van der Waals surface area contributed by atoms with Crippen molar-refractivity contribution in [2.75, 3.05) is 24.6 Å². The van der Waals surface area contributed by atoms with Gasteiger partial charge in [-0.3, -0.25) is 9.59 Å². The van der Waals surface area contributed by atoms with Crippen LogP contribution in [0.1, 0.15) is 35.3 Å². The van der Waals surface area contributed by atoms with Crippen molar-refractivity contribution in [3.8, 4) is 0 Å². The first-order valence-electron chi connectivity index (χ1n) is 9.40. The molecule has 0 saturated carbocycles. The van der Waals surface area contributed by atoms with Gasteiger partial charge in [-0.2, -0.15) is 0 Å². The van der Waals surface area contributed by atoms with Gasteiger partial charge >= 0.3 is 5.97 Å². The molecule has 0 bridgehead atoms. The number of rotatable bonds is 5. The van der Waals surface area contributed by atoms with E-state index in [4.69, 9.17) is 4.74 Å². The van der Waals surface area contributed by atoms with Crippen LogP contribution in [0.4, 0.5) is 5.69 Å². The summed E-state index contributed by atoms with van der Waals surface area (Å²) >= 11 is 0. The summed E-state index contributed by atoms with van der Waals surface area (Å²) in [5.74, 6) is -0.963. The third kappa shape index (κ3) is 4.22. The Morgan fingerprint density at radius 3 is 2.43 bits per heavy atom. The molecule has 0 spiro atoms. The first kappa shape index (κ1) is 19.6. The topological polar surface area (TPSA) is 66.9 Å². The van der Waals surface area contributed by atoms with Crippen LogP contribution in [0.2, 0.25) is 0 Å². The molecule has 0 saturated heterocycles. The van der Waals surface area contributed by atoms with Crippen LogP contribution < -0.4 is 4.90 Å². The number of hydrogen-bond acceptors (Lipinski definition) is 4. The van der Waals surface area contributed by atoms with E-state index >= 15 is 0 Å². The lowest BCUT2D eigenvalue weighted by Crippen LogP contribution is -2.44. The fourth-order valence-corrected chi connectivity index (χ4v) is 3.40. The summed E-state index contributed by atoms with van der Waals surface area (Å²) in [4.78, 5) is 40.6. The molecule has 0 radical (unpaired) electrons. The Kier molecular flexibility index (Phi) is 6.09. The van der Waals surface area contributed by atoms with Gasteiger partial charge in [-0.1, -0.05) is 36.4 Å². The number of ether oxygens (including phenoxy) is 1. The Bertz CT molecular complexity index is 894. The predicted molar refractivity (Wildman–Crippen MR) is 106 cm³/mol. The number of para-hydroxylation sites is 1. The minimum absolute atomic E-state index is 0.117. The quantitative estimate of drug-likeness (QED) is 0.748. The molecule has 0 fully saturated rings. The summed E-state index contributed by atoms with van der Waals surface area (Å²) in [6.45, 7) is 4.37. The summed E-state index contributed by atoms with van der Waals surface area (Å²) in [5, 5.41) is 0.